The van der Waals surface area contributed by atoms with Crippen molar-refractivity contribution in [2.45, 2.75) is 82.5 Å². The molecule has 0 aromatic rings. The molecule has 5 nitrogen and oxygen atoms in total. The molecule has 1 aliphatic heterocycles. The third kappa shape index (κ3) is 6.03. The molecule has 140 valence electrons. The molecule has 0 spiro atoms. The normalized spacial score (nSPS) is 26.2. The van der Waals surface area contributed by atoms with Crippen molar-refractivity contribution in [1.29, 1.82) is 0 Å². The molecule has 0 aromatic carbocycles. The Labute approximate surface area is 147 Å². The second-order valence-corrected chi connectivity index (χ2v) is 9.56. The lowest BCUT2D eigenvalue weighted by Gasteiger charge is -2.31. The van der Waals surface area contributed by atoms with Crippen molar-refractivity contribution in [1.82, 2.24) is 4.90 Å². The number of ether oxygens (including phenoxy) is 1. The average molecular weight is 360 g/mol. The van der Waals surface area contributed by atoms with Crippen molar-refractivity contribution in [3.8, 4) is 0 Å². The molecule has 1 heterocycles. The van der Waals surface area contributed by atoms with E-state index in [4.69, 9.17) is 4.74 Å². The van der Waals surface area contributed by atoms with Gasteiger partial charge in [-0.05, 0) is 51.6 Å². The summed E-state index contributed by atoms with van der Waals surface area (Å²) in [4.78, 5) is 14.5. The van der Waals surface area contributed by atoms with Crippen LogP contribution in [0.4, 0.5) is 0 Å². The van der Waals surface area contributed by atoms with Crippen LogP contribution in [-0.4, -0.2) is 56.0 Å². The van der Waals surface area contributed by atoms with E-state index in [2.05, 4.69) is 4.90 Å². The van der Waals surface area contributed by atoms with Crippen LogP contribution in [0.25, 0.3) is 0 Å². The molecule has 2 fully saturated rings. The minimum Gasteiger partial charge on any atom is -0.461 e. The quantitative estimate of drug-likeness (QED) is 0.624. The smallest absolute Gasteiger partial charge is 0.307 e. The maximum absolute atomic E-state index is 12.5. The number of nitrogens with zero attached hydrogens (tertiary/aromatic N) is 1. The third-order valence-corrected chi connectivity index (χ3v) is 7.57. The fourth-order valence-corrected chi connectivity index (χ4v) is 5.94. The van der Waals surface area contributed by atoms with Gasteiger partial charge in [0.15, 0.2) is 9.84 Å². The lowest BCUT2D eigenvalue weighted by atomic mass is 9.97. The highest BCUT2D eigenvalue weighted by Crippen LogP contribution is 2.28. The molecule has 1 aliphatic carbocycles. The molecule has 24 heavy (non-hydrogen) atoms. The Morgan fingerprint density at radius 1 is 1.08 bits per heavy atom. The molecule has 6 heteroatoms. The molecule has 1 saturated carbocycles. The zero-order valence-electron chi connectivity index (χ0n) is 15.0. The van der Waals surface area contributed by atoms with Crippen LogP contribution in [0.15, 0.2) is 0 Å². The van der Waals surface area contributed by atoms with Gasteiger partial charge in [-0.2, -0.15) is 0 Å². The lowest BCUT2D eigenvalue weighted by molar-refractivity contribution is -0.150. The molecule has 0 aromatic heterocycles. The highest BCUT2D eigenvalue weighted by molar-refractivity contribution is 7.92. The summed E-state index contributed by atoms with van der Waals surface area (Å²) in [6.07, 6.45) is 8.36. The number of likely N-dealkylation sites (tertiary alicyclic amines) is 1. The topological polar surface area (TPSA) is 63.7 Å². The highest BCUT2D eigenvalue weighted by Gasteiger charge is 2.37. The number of hydrogen-bond acceptors (Lipinski definition) is 5. The molecular formula is C18H33NO4S. The van der Waals surface area contributed by atoms with Gasteiger partial charge in [0.2, 0.25) is 0 Å². The number of sulfone groups is 1. The third-order valence-electron chi connectivity index (χ3n) is 5.25. The van der Waals surface area contributed by atoms with E-state index in [1.807, 2.05) is 6.92 Å². The second kappa shape index (κ2) is 9.76. The summed E-state index contributed by atoms with van der Waals surface area (Å²) in [5, 5.41) is -0.489. The first kappa shape index (κ1) is 19.7. The monoisotopic (exact) mass is 359 g/mol. The van der Waals surface area contributed by atoms with Crippen LogP contribution in [0.3, 0.4) is 0 Å². The van der Waals surface area contributed by atoms with Gasteiger partial charge >= 0.3 is 5.97 Å². The average Bonchev–Trinajstić information content (AvgIpc) is 2.59. The van der Waals surface area contributed by atoms with Crippen molar-refractivity contribution in [2.75, 3.05) is 25.4 Å². The van der Waals surface area contributed by atoms with Crippen LogP contribution in [0.5, 0.6) is 0 Å². The molecule has 0 bridgehead atoms. The predicted octanol–water partition coefficient (Wildman–Crippen LogP) is 2.93. The van der Waals surface area contributed by atoms with E-state index >= 15 is 0 Å². The molecule has 0 amide bonds. The molecule has 2 aliphatic rings. The minimum absolute atomic E-state index is 0.218. The summed E-state index contributed by atoms with van der Waals surface area (Å²) in [5.74, 6) is -0.0149. The first-order chi connectivity index (χ1) is 11.5. The molecular weight excluding hydrogens is 326 g/mol. The van der Waals surface area contributed by atoms with Gasteiger partial charge < -0.3 is 9.64 Å². The lowest BCUT2D eigenvalue weighted by Crippen LogP contribution is -2.41. The first-order valence-corrected chi connectivity index (χ1v) is 11.4. The maximum Gasteiger partial charge on any atom is 0.307 e. The first-order valence-electron chi connectivity index (χ1n) is 9.66. The number of carbonyl (C=O) groups excluding carboxylic acids is 1. The Morgan fingerprint density at radius 2 is 1.79 bits per heavy atom. The van der Waals surface area contributed by atoms with Crippen molar-refractivity contribution < 1.29 is 17.9 Å². The Kier molecular flexibility index (Phi) is 8.01. The number of hydrogen-bond donors (Lipinski definition) is 0. The molecule has 1 saturated heterocycles. The van der Waals surface area contributed by atoms with Gasteiger partial charge in [-0.15, -0.1) is 0 Å². The SMILES string of the molecule is CCCCS(=O)(=O)[C@H]1CCCC[C@H]1OC(=O)CCN1CCCCC1. The summed E-state index contributed by atoms with van der Waals surface area (Å²) < 4.78 is 30.7. The predicted molar refractivity (Wildman–Crippen MR) is 95.7 cm³/mol. The highest BCUT2D eigenvalue weighted by atomic mass is 32.2. The summed E-state index contributed by atoms with van der Waals surface area (Å²) in [5.41, 5.74) is 0. The molecule has 0 unspecified atom stereocenters. The van der Waals surface area contributed by atoms with Crippen molar-refractivity contribution >= 4 is 15.8 Å². The van der Waals surface area contributed by atoms with Crippen LogP contribution in [0.2, 0.25) is 0 Å². The van der Waals surface area contributed by atoms with Crippen LogP contribution >= 0.6 is 0 Å². The molecule has 0 N–H and O–H groups in total. The summed E-state index contributed by atoms with van der Waals surface area (Å²) >= 11 is 0. The number of carbonyl (C=O) groups is 1. The number of esters is 1. The summed E-state index contributed by atoms with van der Waals surface area (Å²) in [7, 11) is -3.16. The van der Waals surface area contributed by atoms with Gasteiger partial charge in [0, 0.05) is 6.54 Å². The van der Waals surface area contributed by atoms with E-state index in [-0.39, 0.29) is 11.7 Å². The van der Waals surface area contributed by atoms with E-state index < -0.39 is 21.2 Å². The zero-order valence-corrected chi connectivity index (χ0v) is 15.9. The van der Waals surface area contributed by atoms with Crippen LogP contribution < -0.4 is 0 Å². The molecule has 2 rings (SSSR count). The Morgan fingerprint density at radius 3 is 2.50 bits per heavy atom. The number of unbranched alkanes of at least 4 members (excludes halogenated alkanes) is 1. The fourth-order valence-electron chi connectivity index (χ4n) is 3.77. The van der Waals surface area contributed by atoms with Crippen molar-refractivity contribution in [3.63, 3.8) is 0 Å². The zero-order chi connectivity index (χ0) is 17.4. The van der Waals surface area contributed by atoms with Gasteiger partial charge in [-0.1, -0.05) is 26.2 Å². The maximum atomic E-state index is 12.5. The van der Waals surface area contributed by atoms with E-state index in [0.717, 1.165) is 38.9 Å². The molecule has 2 atom stereocenters. The number of piperidine rings is 1. The Hall–Kier alpha value is -0.620. The minimum atomic E-state index is -3.16. The van der Waals surface area contributed by atoms with Gasteiger partial charge in [-0.3, -0.25) is 4.79 Å². The second-order valence-electron chi connectivity index (χ2n) is 7.22. The largest absolute Gasteiger partial charge is 0.461 e. The molecule has 0 radical (unpaired) electrons. The number of rotatable bonds is 8. The van der Waals surface area contributed by atoms with E-state index in [1.54, 1.807) is 0 Å². The summed E-state index contributed by atoms with van der Waals surface area (Å²) in [6.45, 7) is 4.85. The standard InChI is InChI=1S/C18H33NO4S/c1-2-3-15-24(21,22)17-10-6-5-9-16(17)23-18(20)11-14-19-12-7-4-8-13-19/h16-17H,2-15H2,1H3/t16-,17+/m1/s1. The van der Waals surface area contributed by atoms with E-state index in [1.165, 1.54) is 19.3 Å². The van der Waals surface area contributed by atoms with Gasteiger partial charge in [0.05, 0.1) is 17.4 Å². The van der Waals surface area contributed by atoms with Crippen LogP contribution in [-0.2, 0) is 19.4 Å². The van der Waals surface area contributed by atoms with Gasteiger partial charge in [-0.25, -0.2) is 8.42 Å². The van der Waals surface area contributed by atoms with E-state index in [0.29, 0.717) is 25.7 Å². The Bertz CT molecular complexity index is 485. The van der Waals surface area contributed by atoms with Crippen molar-refractivity contribution in [3.05, 3.63) is 0 Å². The van der Waals surface area contributed by atoms with Crippen LogP contribution in [0, 0.1) is 0 Å². The van der Waals surface area contributed by atoms with E-state index in [9.17, 15) is 13.2 Å². The van der Waals surface area contributed by atoms with Crippen molar-refractivity contribution in [2.24, 2.45) is 0 Å². The Balaban J connectivity index is 1.84. The fraction of sp³-hybridized carbons (Fsp3) is 0.944. The van der Waals surface area contributed by atoms with Crippen LogP contribution in [0.1, 0.15) is 71.1 Å². The van der Waals surface area contributed by atoms with Gasteiger partial charge in [0.1, 0.15) is 6.10 Å². The van der Waals surface area contributed by atoms with Gasteiger partial charge in [0.25, 0.3) is 0 Å². The summed E-state index contributed by atoms with van der Waals surface area (Å²) in [6, 6.07) is 0.